The summed E-state index contributed by atoms with van der Waals surface area (Å²) in [6.45, 7) is 3.89. The van der Waals surface area contributed by atoms with Gasteiger partial charge in [-0.15, -0.1) is 11.3 Å². The van der Waals surface area contributed by atoms with Gasteiger partial charge in [0.2, 0.25) is 0 Å². The Kier molecular flexibility index (Phi) is 3.75. The molecule has 6 nitrogen and oxygen atoms in total. The number of fused-ring (bicyclic) bond motifs is 2. The zero-order valence-electron chi connectivity index (χ0n) is 14.8. The van der Waals surface area contributed by atoms with Crippen LogP contribution in [-0.4, -0.2) is 19.6 Å². The summed E-state index contributed by atoms with van der Waals surface area (Å²) in [5.74, 6) is 0. The second-order valence-electron chi connectivity index (χ2n) is 6.79. The highest BCUT2D eigenvalue weighted by Crippen LogP contribution is 2.44. The molecule has 3 aromatic rings. The molecule has 2 heterocycles. The molecule has 0 spiro atoms. The molecule has 0 aliphatic heterocycles. The van der Waals surface area contributed by atoms with Gasteiger partial charge in [0.05, 0.1) is 21.1 Å². The highest BCUT2D eigenvalue weighted by Gasteiger charge is 2.43. The Morgan fingerprint density at radius 1 is 1.23 bits per heavy atom. The topological polar surface area (TPSA) is 88.0 Å². The van der Waals surface area contributed by atoms with Crippen molar-refractivity contribution in [2.45, 2.75) is 32.3 Å². The smallest absolute Gasteiger partial charge is 0.328 e. The van der Waals surface area contributed by atoms with E-state index in [-0.39, 0.29) is 5.56 Å². The fourth-order valence-electron chi connectivity index (χ4n) is 3.67. The van der Waals surface area contributed by atoms with Crippen molar-refractivity contribution >= 4 is 11.3 Å². The highest BCUT2D eigenvalue weighted by molar-refractivity contribution is 7.11. The molecule has 1 aliphatic carbocycles. The molecule has 0 amide bonds. The van der Waals surface area contributed by atoms with E-state index in [4.69, 9.17) is 0 Å². The summed E-state index contributed by atoms with van der Waals surface area (Å²) >= 11 is 1.39. The quantitative estimate of drug-likeness (QED) is 0.681. The Balaban J connectivity index is 2.13. The van der Waals surface area contributed by atoms with E-state index in [2.05, 4.69) is 9.97 Å². The summed E-state index contributed by atoms with van der Waals surface area (Å²) in [5.41, 5.74) is 0.961. The van der Waals surface area contributed by atoms with E-state index in [1.807, 2.05) is 32.0 Å². The molecule has 0 saturated carbocycles. The van der Waals surface area contributed by atoms with Gasteiger partial charge in [0, 0.05) is 13.2 Å². The van der Waals surface area contributed by atoms with Gasteiger partial charge in [-0.25, -0.2) is 9.78 Å². The maximum absolute atomic E-state index is 12.7. The largest absolute Gasteiger partial charge is 0.375 e. The van der Waals surface area contributed by atoms with Gasteiger partial charge in [-0.2, -0.15) is 0 Å². The Hall–Kier alpha value is -2.51. The molecule has 1 atom stereocenters. The van der Waals surface area contributed by atoms with Crippen LogP contribution in [0.2, 0.25) is 0 Å². The molecule has 134 valence electrons. The average Bonchev–Trinajstić information content (AvgIpc) is 2.92. The average molecular weight is 369 g/mol. The number of H-pyrrole nitrogens is 1. The number of hydrogen-bond donors (Lipinski definition) is 2. The third-order valence-corrected chi connectivity index (χ3v) is 6.03. The highest BCUT2D eigenvalue weighted by atomic mass is 32.1. The molecule has 7 heteroatoms. The van der Waals surface area contributed by atoms with E-state index in [0.29, 0.717) is 16.9 Å². The minimum absolute atomic E-state index is 0.136. The van der Waals surface area contributed by atoms with Crippen molar-refractivity contribution in [1.82, 2.24) is 14.5 Å². The van der Waals surface area contributed by atoms with E-state index >= 15 is 0 Å². The Bertz CT molecular complexity index is 1140. The molecule has 0 radical (unpaired) electrons. The van der Waals surface area contributed by atoms with Gasteiger partial charge >= 0.3 is 5.69 Å². The second-order valence-corrected chi connectivity index (χ2v) is 8.00. The lowest BCUT2D eigenvalue weighted by atomic mass is 9.83. The maximum atomic E-state index is 12.7. The second kappa shape index (κ2) is 5.75. The van der Waals surface area contributed by atoms with Crippen molar-refractivity contribution < 1.29 is 5.11 Å². The number of hydrogen-bond acceptors (Lipinski definition) is 5. The van der Waals surface area contributed by atoms with Crippen LogP contribution in [0.5, 0.6) is 0 Å². The van der Waals surface area contributed by atoms with Crippen molar-refractivity contribution in [1.29, 1.82) is 0 Å². The summed E-state index contributed by atoms with van der Waals surface area (Å²) in [6.07, 6.45) is 2.86. The van der Waals surface area contributed by atoms with Gasteiger partial charge in [0.1, 0.15) is 0 Å². The number of aliphatic hydroxyl groups is 1. The van der Waals surface area contributed by atoms with Crippen LogP contribution in [-0.2, 0) is 25.5 Å². The van der Waals surface area contributed by atoms with Gasteiger partial charge in [-0.3, -0.25) is 9.78 Å². The summed E-state index contributed by atoms with van der Waals surface area (Å²) in [4.78, 5) is 32.0. The molecule has 1 unspecified atom stereocenters. The first-order valence-electron chi connectivity index (χ1n) is 8.40. The summed E-state index contributed by atoms with van der Waals surface area (Å²) in [7, 11) is 1.55. The minimum atomic E-state index is -1.64. The minimum Gasteiger partial charge on any atom is -0.375 e. The lowest BCUT2D eigenvalue weighted by Crippen LogP contribution is -2.40. The van der Waals surface area contributed by atoms with Crippen LogP contribution in [0, 0.1) is 13.8 Å². The van der Waals surface area contributed by atoms with Crippen LogP contribution in [0.3, 0.4) is 0 Å². The van der Waals surface area contributed by atoms with Crippen LogP contribution in [0.25, 0.3) is 0 Å². The molecular formula is C19H19N3O3S. The summed E-state index contributed by atoms with van der Waals surface area (Å²) in [5, 5.41) is 12.8. The van der Waals surface area contributed by atoms with Gasteiger partial charge < -0.3 is 9.67 Å². The standard InChI is InChI=1S/C19H19N3O3S/c1-10-4-6-13-12(8-10)5-7-15-16(26-11(2)20-15)19(13,25)14-9-22(3)18(24)21-17(14)23/h4,6,8-9,25H,5,7H2,1-3H3,(H,21,23,24). The number of aromatic amines is 1. The molecule has 26 heavy (non-hydrogen) atoms. The van der Waals surface area contributed by atoms with Crippen LogP contribution in [0.1, 0.15) is 37.8 Å². The summed E-state index contributed by atoms with van der Waals surface area (Å²) < 4.78 is 1.28. The monoisotopic (exact) mass is 369 g/mol. The third kappa shape index (κ3) is 2.39. The molecule has 4 rings (SSSR count). The first kappa shape index (κ1) is 16.9. The zero-order chi connectivity index (χ0) is 18.6. The van der Waals surface area contributed by atoms with Crippen molar-refractivity contribution in [3.8, 4) is 0 Å². The van der Waals surface area contributed by atoms with Crippen molar-refractivity contribution in [2.75, 3.05) is 0 Å². The van der Waals surface area contributed by atoms with Crippen LogP contribution < -0.4 is 11.2 Å². The molecule has 2 aromatic heterocycles. The number of aryl methyl sites for hydroxylation is 5. The SMILES string of the molecule is Cc1ccc2c(c1)CCc1nc(C)sc1C2(O)c1cn(C)c(=O)[nH]c1=O. The first-order valence-corrected chi connectivity index (χ1v) is 9.22. The van der Waals surface area contributed by atoms with Crippen LogP contribution in [0.4, 0.5) is 0 Å². The van der Waals surface area contributed by atoms with Gasteiger partial charge in [-0.1, -0.05) is 23.8 Å². The first-order chi connectivity index (χ1) is 12.3. The normalized spacial score (nSPS) is 18.9. The van der Waals surface area contributed by atoms with Crippen LogP contribution >= 0.6 is 11.3 Å². The summed E-state index contributed by atoms with van der Waals surface area (Å²) in [6, 6.07) is 5.85. The predicted molar refractivity (Wildman–Crippen MR) is 99.8 cm³/mol. The fraction of sp³-hybridized carbons (Fsp3) is 0.316. The van der Waals surface area contributed by atoms with Crippen molar-refractivity contribution in [3.05, 3.63) is 83.1 Å². The lowest BCUT2D eigenvalue weighted by Gasteiger charge is -2.29. The van der Waals surface area contributed by atoms with E-state index in [0.717, 1.165) is 28.2 Å². The number of thiazole rings is 1. The van der Waals surface area contributed by atoms with Crippen LogP contribution in [0.15, 0.2) is 34.0 Å². The third-order valence-electron chi connectivity index (χ3n) is 4.91. The molecular weight excluding hydrogens is 350 g/mol. The maximum Gasteiger partial charge on any atom is 0.328 e. The van der Waals surface area contributed by atoms with Gasteiger partial charge in [0.15, 0.2) is 5.60 Å². The fourth-order valence-corrected chi connectivity index (χ4v) is 4.75. The number of nitrogens with zero attached hydrogens (tertiary/aromatic N) is 2. The Morgan fingerprint density at radius 3 is 2.77 bits per heavy atom. The molecule has 2 N–H and O–H groups in total. The van der Waals surface area contributed by atoms with E-state index in [9.17, 15) is 14.7 Å². The van der Waals surface area contributed by atoms with E-state index in [1.54, 1.807) is 7.05 Å². The number of benzene rings is 1. The molecule has 0 saturated heterocycles. The molecule has 1 aliphatic rings. The predicted octanol–water partition coefficient (Wildman–Crippen LogP) is 1.53. The molecule has 1 aromatic carbocycles. The number of nitrogens with one attached hydrogen (secondary N) is 1. The van der Waals surface area contributed by atoms with Gasteiger partial charge in [0.25, 0.3) is 5.56 Å². The van der Waals surface area contributed by atoms with Crippen molar-refractivity contribution in [3.63, 3.8) is 0 Å². The zero-order valence-corrected chi connectivity index (χ0v) is 15.6. The molecule has 0 fully saturated rings. The number of rotatable bonds is 1. The Labute approximate surface area is 153 Å². The Morgan fingerprint density at radius 2 is 2.00 bits per heavy atom. The molecule has 0 bridgehead atoms. The van der Waals surface area contributed by atoms with E-state index in [1.165, 1.54) is 22.1 Å². The van der Waals surface area contributed by atoms with Gasteiger partial charge in [-0.05, 0) is 37.8 Å². The lowest BCUT2D eigenvalue weighted by molar-refractivity contribution is 0.126. The number of aromatic nitrogens is 3. The van der Waals surface area contributed by atoms with E-state index < -0.39 is 16.9 Å². The van der Waals surface area contributed by atoms with Crippen molar-refractivity contribution in [2.24, 2.45) is 7.05 Å².